The second kappa shape index (κ2) is 13.1. The van der Waals surface area contributed by atoms with E-state index in [0.717, 1.165) is 28.6 Å². The summed E-state index contributed by atoms with van der Waals surface area (Å²) in [5.74, 6) is 1.80. The molecule has 2 aliphatic rings. The fourth-order valence-corrected chi connectivity index (χ4v) is 13.0. The minimum absolute atomic E-state index is 0.604. The van der Waals surface area contributed by atoms with Crippen molar-refractivity contribution in [1.82, 2.24) is 0 Å². The van der Waals surface area contributed by atoms with Crippen molar-refractivity contribution in [2.24, 2.45) is 0 Å². The number of hydrogen-bond donors (Lipinski definition) is 0. The second-order valence-electron chi connectivity index (χ2n) is 14.8. The number of hydrogen-bond acceptors (Lipinski definition) is 2. The molecule has 0 fully saturated rings. The number of anilines is 3. The lowest BCUT2D eigenvalue weighted by Gasteiger charge is -2.47. The summed E-state index contributed by atoms with van der Waals surface area (Å²) in [7, 11) is -1.95. The van der Waals surface area contributed by atoms with Crippen LogP contribution in [0.2, 0.25) is 0 Å². The summed E-state index contributed by atoms with van der Waals surface area (Å²) in [6.45, 7) is 0. The summed E-state index contributed by atoms with van der Waals surface area (Å²) in [6, 6.07) is 80.2. The summed E-state index contributed by atoms with van der Waals surface area (Å²) in [6.07, 6.45) is 0. The SMILES string of the molecule is c1ccc(-c2ccc(N(c3ccc4c(c3)C3(c5ccccc5Oc5ccccc53)c3ccccc3[SiH]4c3ccccc3)c3cccc4ccccc34)cc2)cc1. The molecule has 0 N–H and O–H groups in total. The molecule has 9 aromatic carbocycles. The second-order valence-corrected chi connectivity index (χ2v) is 17.6. The minimum atomic E-state index is -1.95. The highest BCUT2D eigenvalue weighted by Crippen LogP contribution is 2.56. The zero-order valence-corrected chi connectivity index (χ0v) is 31.9. The third-order valence-electron chi connectivity index (χ3n) is 11.9. The number of benzene rings is 9. The van der Waals surface area contributed by atoms with Gasteiger partial charge in [0.15, 0.2) is 0 Å². The highest BCUT2D eigenvalue weighted by molar-refractivity contribution is 6.96. The maximum Gasteiger partial charge on any atom is 0.133 e. The first-order chi connectivity index (χ1) is 27.8. The fourth-order valence-electron chi connectivity index (χ4n) is 9.51. The van der Waals surface area contributed by atoms with Gasteiger partial charge in [0.2, 0.25) is 0 Å². The van der Waals surface area contributed by atoms with Crippen LogP contribution in [0.1, 0.15) is 22.3 Å². The Balaban J connectivity index is 1.23. The normalized spacial score (nSPS) is 14.5. The lowest BCUT2D eigenvalue weighted by Crippen LogP contribution is -2.62. The summed E-state index contributed by atoms with van der Waals surface area (Å²) in [5.41, 5.74) is 10.2. The number of fused-ring (bicyclic) bond motifs is 9. The van der Waals surface area contributed by atoms with E-state index in [4.69, 9.17) is 4.74 Å². The third kappa shape index (κ3) is 4.95. The molecule has 0 aromatic heterocycles. The van der Waals surface area contributed by atoms with Gasteiger partial charge in [0, 0.05) is 27.9 Å². The highest BCUT2D eigenvalue weighted by atomic mass is 28.3. The zero-order valence-electron chi connectivity index (χ0n) is 30.7. The van der Waals surface area contributed by atoms with E-state index < -0.39 is 14.2 Å². The maximum atomic E-state index is 6.76. The van der Waals surface area contributed by atoms with Crippen LogP contribution >= 0.6 is 0 Å². The van der Waals surface area contributed by atoms with Crippen LogP contribution in [0, 0.1) is 0 Å². The van der Waals surface area contributed by atoms with Crippen molar-refractivity contribution < 1.29 is 4.74 Å². The molecule has 56 heavy (non-hydrogen) atoms. The summed E-state index contributed by atoms with van der Waals surface area (Å²) < 4.78 is 6.76. The van der Waals surface area contributed by atoms with Gasteiger partial charge in [0.25, 0.3) is 0 Å². The average molecular weight is 732 g/mol. The summed E-state index contributed by atoms with van der Waals surface area (Å²) >= 11 is 0. The molecule has 0 radical (unpaired) electrons. The van der Waals surface area contributed by atoms with Crippen LogP contribution in [0.25, 0.3) is 21.9 Å². The van der Waals surface area contributed by atoms with E-state index in [1.54, 1.807) is 0 Å². The molecule has 2 aliphatic heterocycles. The Bertz CT molecular complexity index is 2850. The number of nitrogens with zero attached hydrogens (tertiary/aromatic N) is 1. The lowest BCUT2D eigenvalue weighted by atomic mass is 9.63. The third-order valence-corrected chi connectivity index (χ3v) is 15.2. The molecule has 1 unspecified atom stereocenters. The first-order valence-corrected chi connectivity index (χ1v) is 21.1. The van der Waals surface area contributed by atoms with Crippen LogP contribution < -0.4 is 25.2 Å². The summed E-state index contributed by atoms with van der Waals surface area (Å²) in [5, 5.41) is 6.72. The van der Waals surface area contributed by atoms with Crippen LogP contribution in [0.4, 0.5) is 17.1 Å². The molecule has 2 nitrogen and oxygen atoms in total. The van der Waals surface area contributed by atoms with Crippen molar-refractivity contribution in [2.45, 2.75) is 5.41 Å². The standard InChI is InChI=1S/C53H37NOSi/c1-3-16-37(17-4-1)38-30-32-40(33-31-38)54(48-26-15-19-39-18-7-8-22-43(39)48)41-34-35-52-47(36-41)53(44-23-9-12-27-49(44)55-50-28-13-10-24-45(50)53)46-25-11-14-29-51(46)56(52)42-20-5-2-6-21-42/h1-36,56H. The predicted octanol–water partition coefficient (Wildman–Crippen LogP) is 11.0. The molecule has 0 bridgehead atoms. The van der Waals surface area contributed by atoms with Gasteiger partial charge in [-0.15, -0.1) is 0 Å². The predicted molar refractivity (Wildman–Crippen MR) is 235 cm³/mol. The first-order valence-electron chi connectivity index (χ1n) is 19.4. The average Bonchev–Trinajstić information content (AvgIpc) is 3.27. The topological polar surface area (TPSA) is 12.5 Å². The summed E-state index contributed by atoms with van der Waals surface area (Å²) in [4.78, 5) is 2.46. The van der Waals surface area contributed by atoms with Crippen LogP contribution in [0.5, 0.6) is 11.5 Å². The molecule has 11 rings (SSSR count). The fraction of sp³-hybridized carbons (Fsp3) is 0.0189. The van der Waals surface area contributed by atoms with Gasteiger partial charge in [-0.3, -0.25) is 0 Å². The first kappa shape index (κ1) is 32.5. The van der Waals surface area contributed by atoms with Crippen LogP contribution in [0.3, 0.4) is 0 Å². The van der Waals surface area contributed by atoms with Crippen molar-refractivity contribution in [3.63, 3.8) is 0 Å². The molecule has 2 heterocycles. The van der Waals surface area contributed by atoms with Crippen LogP contribution in [-0.2, 0) is 5.41 Å². The Kier molecular flexibility index (Phi) is 7.61. The molecular formula is C53H37NOSi. The minimum Gasteiger partial charge on any atom is -0.457 e. The quantitative estimate of drug-likeness (QED) is 0.163. The molecule has 0 amide bonds. The van der Waals surface area contributed by atoms with E-state index in [2.05, 4.69) is 223 Å². The van der Waals surface area contributed by atoms with Gasteiger partial charge in [-0.2, -0.15) is 0 Å². The molecule has 0 aliphatic carbocycles. The Morgan fingerprint density at radius 2 is 0.946 bits per heavy atom. The van der Waals surface area contributed by atoms with Gasteiger partial charge < -0.3 is 9.64 Å². The van der Waals surface area contributed by atoms with E-state index >= 15 is 0 Å². The van der Waals surface area contributed by atoms with Crippen molar-refractivity contribution in [2.75, 3.05) is 4.90 Å². The van der Waals surface area contributed by atoms with Gasteiger partial charge in [0.05, 0.1) is 11.1 Å². The number of ether oxygens (including phenoxy) is 1. The smallest absolute Gasteiger partial charge is 0.133 e. The largest absolute Gasteiger partial charge is 0.457 e. The Morgan fingerprint density at radius 3 is 1.70 bits per heavy atom. The molecular weight excluding hydrogens is 695 g/mol. The number of rotatable bonds is 5. The monoisotopic (exact) mass is 731 g/mol. The maximum absolute atomic E-state index is 6.76. The van der Waals surface area contributed by atoms with Gasteiger partial charge in [0.1, 0.15) is 20.3 Å². The Morgan fingerprint density at radius 1 is 0.393 bits per heavy atom. The molecule has 0 saturated heterocycles. The van der Waals surface area contributed by atoms with Crippen LogP contribution in [-0.4, -0.2) is 8.80 Å². The number of para-hydroxylation sites is 2. The molecule has 0 saturated carbocycles. The van der Waals surface area contributed by atoms with Crippen molar-refractivity contribution >= 4 is 52.2 Å². The lowest BCUT2D eigenvalue weighted by molar-refractivity contribution is 0.435. The van der Waals surface area contributed by atoms with Crippen LogP contribution in [0.15, 0.2) is 218 Å². The molecule has 1 spiro atoms. The molecule has 264 valence electrons. The van der Waals surface area contributed by atoms with Crippen molar-refractivity contribution in [1.29, 1.82) is 0 Å². The Labute approximate surface area is 329 Å². The van der Waals surface area contributed by atoms with Gasteiger partial charge in [-0.05, 0) is 80.5 Å². The van der Waals surface area contributed by atoms with Gasteiger partial charge >= 0.3 is 0 Å². The van der Waals surface area contributed by atoms with E-state index in [0.29, 0.717) is 0 Å². The van der Waals surface area contributed by atoms with Gasteiger partial charge in [-0.1, -0.05) is 181 Å². The molecule has 3 heteroatoms. The van der Waals surface area contributed by atoms with Crippen molar-refractivity contribution in [3.8, 4) is 22.6 Å². The van der Waals surface area contributed by atoms with E-state index in [1.807, 2.05) is 0 Å². The van der Waals surface area contributed by atoms with Crippen molar-refractivity contribution in [3.05, 3.63) is 241 Å². The van der Waals surface area contributed by atoms with E-state index in [-0.39, 0.29) is 0 Å². The molecule has 9 aromatic rings. The zero-order chi connectivity index (χ0) is 37.1. The van der Waals surface area contributed by atoms with E-state index in [9.17, 15) is 0 Å². The van der Waals surface area contributed by atoms with E-state index in [1.165, 1.54) is 59.7 Å². The van der Waals surface area contributed by atoms with Gasteiger partial charge in [-0.25, -0.2) is 0 Å². The molecule has 1 atom stereocenters. The Hall–Kier alpha value is -6.94. The highest BCUT2D eigenvalue weighted by Gasteiger charge is 2.51.